The molecule has 0 aromatic carbocycles. The Morgan fingerprint density at radius 1 is 1.57 bits per heavy atom. The third-order valence-corrected chi connectivity index (χ3v) is 2.44. The second-order valence-electron chi connectivity index (χ2n) is 4.41. The number of amides is 1. The van der Waals surface area contributed by atoms with Gasteiger partial charge in [0.25, 0.3) is 0 Å². The lowest BCUT2D eigenvalue weighted by Crippen LogP contribution is -2.35. The van der Waals surface area contributed by atoms with Crippen LogP contribution < -0.4 is 10.8 Å². The first-order valence-electron chi connectivity index (χ1n) is 5.23. The van der Waals surface area contributed by atoms with E-state index in [0.717, 1.165) is 13.1 Å². The molecular formula is C10H20N2O2. The molecule has 1 rings (SSSR count). The minimum atomic E-state index is 0.00292. The summed E-state index contributed by atoms with van der Waals surface area (Å²) < 4.78 is 0. The number of hydrogen-bond donors (Lipinski definition) is 2. The van der Waals surface area contributed by atoms with Crippen LogP contribution in [0.2, 0.25) is 0 Å². The molecule has 1 heterocycles. The van der Waals surface area contributed by atoms with Gasteiger partial charge in [-0.1, -0.05) is 20.8 Å². The van der Waals surface area contributed by atoms with Gasteiger partial charge in [0, 0.05) is 6.54 Å². The third-order valence-electron chi connectivity index (χ3n) is 2.44. The molecule has 1 saturated heterocycles. The Morgan fingerprint density at radius 3 is 2.79 bits per heavy atom. The molecule has 4 nitrogen and oxygen atoms in total. The second-order valence-corrected chi connectivity index (χ2v) is 4.41. The lowest BCUT2D eigenvalue weighted by atomic mass is 9.98. The molecule has 4 heteroatoms. The van der Waals surface area contributed by atoms with Crippen LogP contribution in [-0.2, 0) is 9.63 Å². The number of hydroxylamine groups is 1. The number of hydrogen-bond acceptors (Lipinski definition) is 3. The summed E-state index contributed by atoms with van der Waals surface area (Å²) in [7, 11) is 0. The van der Waals surface area contributed by atoms with Gasteiger partial charge < -0.3 is 5.32 Å². The van der Waals surface area contributed by atoms with E-state index in [2.05, 4.69) is 17.7 Å². The van der Waals surface area contributed by atoms with Gasteiger partial charge in [0.05, 0.1) is 12.5 Å². The fourth-order valence-corrected chi connectivity index (χ4v) is 1.52. The maximum Gasteiger partial charge on any atom is 0.248 e. The van der Waals surface area contributed by atoms with Crippen LogP contribution in [0.15, 0.2) is 0 Å². The predicted octanol–water partition coefficient (Wildman–Crippen LogP) is 0.546. The van der Waals surface area contributed by atoms with Crippen molar-refractivity contribution in [3.8, 4) is 0 Å². The van der Waals surface area contributed by atoms with Crippen LogP contribution in [0, 0.1) is 17.8 Å². The van der Waals surface area contributed by atoms with Crippen LogP contribution in [0.25, 0.3) is 0 Å². The van der Waals surface area contributed by atoms with Crippen molar-refractivity contribution >= 4 is 5.91 Å². The number of nitrogens with one attached hydrogen (secondary N) is 2. The van der Waals surface area contributed by atoms with Crippen LogP contribution in [0.4, 0.5) is 0 Å². The van der Waals surface area contributed by atoms with E-state index in [1.807, 2.05) is 13.8 Å². The highest BCUT2D eigenvalue weighted by atomic mass is 16.6. The quantitative estimate of drug-likeness (QED) is 0.651. The normalized spacial score (nSPS) is 26.9. The van der Waals surface area contributed by atoms with Crippen molar-refractivity contribution in [1.29, 1.82) is 0 Å². The van der Waals surface area contributed by atoms with Crippen LogP contribution in [0.1, 0.15) is 20.8 Å². The SMILES string of the molecule is CC(C)CONC(=O)[C@@H]1CNC[C@H]1C. The Morgan fingerprint density at radius 2 is 2.29 bits per heavy atom. The Balaban J connectivity index is 2.21. The first kappa shape index (κ1) is 11.5. The van der Waals surface area contributed by atoms with Crippen molar-refractivity contribution in [3.05, 3.63) is 0 Å². The molecule has 14 heavy (non-hydrogen) atoms. The molecule has 1 amide bonds. The molecule has 0 aromatic heterocycles. The fourth-order valence-electron chi connectivity index (χ4n) is 1.52. The molecule has 0 spiro atoms. The monoisotopic (exact) mass is 200 g/mol. The van der Waals surface area contributed by atoms with Gasteiger partial charge in [-0.15, -0.1) is 0 Å². The summed E-state index contributed by atoms with van der Waals surface area (Å²) in [6, 6.07) is 0. The summed E-state index contributed by atoms with van der Waals surface area (Å²) in [5.74, 6) is 0.900. The molecule has 1 aliphatic heterocycles. The summed E-state index contributed by atoms with van der Waals surface area (Å²) in [5, 5.41) is 3.19. The smallest absolute Gasteiger partial charge is 0.248 e. The van der Waals surface area contributed by atoms with E-state index in [1.165, 1.54) is 0 Å². The highest BCUT2D eigenvalue weighted by molar-refractivity contribution is 5.78. The van der Waals surface area contributed by atoms with Gasteiger partial charge >= 0.3 is 0 Å². The molecule has 1 aliphatic rings. The van der Waals surface area contributed by atoms with Gasteiger partial charge in [-0.2, -0.15) is 0 Å². The lowest BCUT2D eigenvalue weighted by molar-refractivity contribution is -0.139. The van der Waals surface area contributed by atoms with Gasteiger partial charge in [-0.25, -0.2) is 5.48 Å². The zero-order valence-electron chi connectivity index (χ0n) is 9.17. The predicted molar refractivity (Wildman–Crippen MR) is 54.5 cm³/mol. The molecule has 2 atom stereocenters. The summed E-state index contributed by atoms with van der Waals surface area (Å²) in [6.07, 6.45) is 0. The Labute approximate surface area is 85.3 Å². The van der Waals surface area contributed by atoms with Gasteiger partial charge in [0.15, 0.2) is 0 Å². The molecule has 0 aromatic rings. The number of carbonyl (C=O) groups excluding carboxylic acids is 1. The third kappa shape index (κ3) is 3.27. The van der Waals surface area contributed by atoms with Crippen molar-refractivity contribution in [3.63, 3.8) is 0 Å². The van der Waals surface area contributed by atoms with Crippen LogP contribution in [-0.4, -0.2) is 25.6 Å². The second kappa shape index (κ2) is 5.32. The summed E-state index contributed by atoms with van der Waals surface area (Å²) in [5.41, 5.74) is 2.51. The zero-order valence-corrected chi connectivity index (χ0v) is 9.17. The Hall–Kier alpha value is -0.610. The largest absolute Gasteiger partial charge is 0.316 e. The highest BCUT2D eigenvalue weighted by Gasteiger charge is 2.29. The molecule has 1 fully saturated rings. The molecule has 0 radical (unpaired) electrons. The fraction of sp³-hybridized carbons (Fsp3) is 0.900. The van der Waals surface area contributed by atoms with Crippen molar-refractivity contribution in [2.75, 3.05) is 19.7 Å². The van der Waals surface area contributed by atoms with E-state index >= 15 is 0 Å². The lowest BCUT2D eigenvalue weighted by Gasteiger charge is -2.14. The first-order chi connectivity index (χ1) is 6.61. The first-order valence-corrected chi connectivity index (χ1v) is 5.23. The van der Waals surface area contributed by atoms with Crippen molar-refractivity contribution in [1.82, 2.24) is 10.8 Å². The number of rotatable bonds is 4. The summed E-state index contributed by atoms with van der Waals surface area (Å²) in [6.45, 7) is 8.42. The zero-order chi connectivity index (χ0) is 10.6. The maximum atomic E-state index is 11.6. The standard InChI is InChI=1S/C10H20N2O2/c1-7(2)6-14-12-10(13)9-5-11-4-8(9)3/h7-9,11H,4-6H2,1-3H3,(H,12,13)/t8-,9-/m1/s1. The average Bonchev–Trinajstić information content (AvgIpc) is 2.50. The van der Waals surface area contributed by atoms with E-state index in [0.29, 0.717) is 18.4 Å². The molecule has 0 bridgehead atoms. The van der Waals surface area contributed by atoms with Crippen LogP contribution in [0.5, 0.6) is 0 Å². The van der Waals surface area contributed by atoms with E-state index < -0.39 is 0 Å². The van der Waals surface area contributed by atoms with Gasteiger partial charge in [-0.3, -0.25) is 9.63 Å². The Kier molecular flexibility index (Phi) is 4.35. The van der Waals surface area contributed by atoms with Gasteiger partial charge in [-0.05, 0) is 18.4 Å². The molecule has 82 valence electrons. The van der Waals surface area contributed by atoms with Crippen molar-refractivity contribution < 1.29 is 9.63 Å². The van der Waals surface area contributed by atoms with E-state index in [1.54, 1.807) is 0 Å². The van der Waals surface area contributed by atoms with Gasteiger partial charge in [0.2, 0.25) is 5.91 Å². The maximum absolute atomic E-state index is 11.6. The minimum Gasteiger partial charge on any atom is -0.316 e. The average molecular weight is 200 g/mol. The molecule has 0 saturated carbocycles. The minimum absolute atomic E-state index is 0.00292. The number of carbonyl (C=O) groups is 1. The van der Waals surface area contributed by atoms with Crippen LogP contribution >= 0.6 is 0 Å². The molecule has 0 unspecified atom stereocenters. The van der Waals surface area contributed by atoms with Crippen molar-refractivity contribution in [2.24, 2.45) is 17.8 Å². The van der Waals surface area contributed by atoms with E-state index in [9.17, 15) is 4.79 Å². The molecule has 2 N–H and O–H groups in total. The summed E-state index contributed by atoms with van der Waals surface area (Å²) in [4.78, 5) is 16.7. The Bertz CT molecular complexity index is 195. The topological polar surface area (TPSA) is 50.4 Å². The molecule has 0 aliphatic carbocycles. The summed E-state index contributed by atoms with van der Waals surface area (Å²) >= 11 is 0. The van der Waals surface area contributed by atoms with Crippen molar-refractivity contribution in [2.45, 2.75) is 20.8 Å². The van der Waals surface area contributed by atoms with Gasteiger partial charge in [0.1, 0.15) is 0 Å². The van der Waals surface area contributed by atoms with Crippen LogP contribution in [0.3, 0.4) is 0 Å². The molecular weight excluding hydrogens is 180 g/mol. The van der Waals surface area contributed by atoms with E-state index in [4.69, 9.17) is 4.84 Å². The van der Waals surface area contributed by atoms with E-state index in [-0.39, 0.29) is 11.8 Å². The highest BCUT2D eigenvalue weighted by Crippen LogP contribution is 2.15.